The number of para-hydroxylation sites is 1. The lowest BCUT2D eigenvalue weighted by atomic mass is 10.1. The van der Waals surface area contributed by atoms with Gasteiger partial charge in [-0.25, -0.2) is 9.78 Å². The second-order valence-corrected chi connectivity index (χ2v) is 5.38. The second kappa shape index (κ2) is 8.75. The first-order chi connectivity index (χ1) is 12.5. The number of pyridine rings is 1. The van der Waals surface area contributed by atoms with Gasteiger partial charge in [-0.2, -0.15) is 0 Å². The maximum atomic E-state index is 12.5. The van der Waals surface area contributed by atoms with E-state index in [2.05, 4.69) is 10.3 Å². The molecule has 0 bridgehead atoms. The Morgan fingerprint density at radius 1 is 1.00 bits per heavy atom. The first kappa shape index (κ1) is 19.1. The van der Waals surface area contributed by atoms with Gasteiger partial charge < -0.3 is 15.0 Å². The van der Waals surface area contributed by atoms with Crippen LogP contribution in [0.2, 0.25) is 0 Å². The quantitative estimate of drug-likeness (QED) is 0.805. The van der Waals surface area contributed by atoms with E-state index in [-0.39, 0.29) is 22.9 Å². The Hall–Kier alpha value is -3.22. The minimum absolute atomic E-state index is 0.0858. The third-order valence-corrected chi connectivity index (χ3v) is 3.83. The lowest BCUT2D eigenvalue weighted by molar-refractivity contribution is 0.0601. The van der Waals surface area contributed by atoms with Crippen molar-refractivity contribution in [2.75, 3.05) is 25.5 Å². The van der Waals surface area contributed by atoms with Crippen molar-refractivity contribution >= 4 is 23.5 Å². The highest BCUT2D eigenvalue weighted by atomic mass is 16.5. The van der Waals surface area contributed by atoms with Crippen LogP contribution >= 0.6 is 0 Å². The van der Waals surface area contributed by atoms with E-state index in [0.717, 1.165) is 0 Å². The number of hydrogen-bond donors (Lipinski definition) is 1. The van der Waals surface area contributed by atoms with Crippen LogP contribution in [0.15, 0.2) is 42.5 Å². The van der Waals surface area contributed by atoms with Crippen LogP contribution in [-0.4, -0.2) is 47.9 Å². The van der Waals surface area contributed by atoms with Crippen LogP contribution in [0.25, 0.3) is 0 Å². The molecule has 0 atom stereocenters. The summed E-state index contributed by atoms with van der Waals surface area (Å²) in [6.45, 7) is 4.86. The average molecular weight is 355 g/mol. The molecule has 0 radical (unpaired) electrons. The van der Waals surface area contributed by atoms with Gasteiger partial charge in [0.2, 0.25) is 0 Å². The highest BCUT2D eigenvalue weighted by molar-refractivity contribution is 6.07. The molecule has 2 amide bonds. The van der Waals surface area contributed by atoms with E-state index in [1.54, 1.807) is 41.3 Å². The van der Waals surface area contributed by atoms with Gasteiger partial charge in [0.15, 0.2) is 0 Å². The molecule has 0 saturated heterocycles. The molecule has 0 fully saturated rings. The molecule has 0 aliphatic carbocycles. The molecule has 0 aliphatic heterocycles. The van der Waals surface area contributed by atoms with Gasteiger partial charge in [0.05, 0.1) is 18.4 Å². The molecule has 1 heterocycles. The number of methoxy groups -OCH3 is 1. The Kier molecular flexibility index (Phi) is 6.43. The summed E-state index contributed by atoms with van der Waals surface area (Å²) < 4.78 is 4.71. The van der Waals surface area contributed by atoms with Crippen molar-refractivity contribution in [3.8, 4) is 0 Å². The van der Waals surface area contributed by atoms with Gasteiger partial charge in [-0.15, -0.1) is 0 Å². The van der Waals surface area contributed by atoms with Crippen LogP contribution in [0, 0.1) is 0 Å². The Morgan fingerprint density at radius 2 is 1.65 bits per heavy atom. The van der Waals surface area contributed by atoms with Crippen molar-refractivity contribution in [1.29, 1.82) is 0 Å². The van der Waals surface area contributed by atoms with Crippen molar-refractivity contribution in [3.05, 3.63) is 59.4 Å². The molecule has 1 aromatic heterocycles. The summed E-state index contributed by atoms with van der Waals surface area (Å²) in [6, 6.07) is 11.2. The number of rotatable bonds is 6. The third-order valence-electron chi connectivity index (χ3n) is 3.83. The molecule has 7 nitrogen and oxygen atoms in total. The van der Waals surface area contributed by atoms with Crippen molar-refractivity contribution < 1.29 is 19.1 Å². The minimum atomic E-state index is -0.556. The molecule has 26 heavy (non-hydrogen) atoms. The number of anilines is 1. The van der Waals surface area contributed by atoms with Crippen LogP contribution in [0.3, 0.4) is 0 Å². The molecule has 2 rings (SSSR count). The van der Waals surface area contributed by atoms with Crippen molar-refractivity contribution in [1.82, 2.24) is 9.88 Å². The number of carbonyl (C=O) groups is 3. The number of nitrogens with one attached hydrogen (secondary N) is 1. The number of carbonyl (C=O) groups excluding carboxylic acids is 3. The fourth-order valence-electron chi connectivity index (χ4n) is 2.42. The number of amides is 2. The van der Waals surface area contributed by atoms with Crippen molar-refractivity contribution in [2.45, 2.75) is 13.8 Å². The predicted octanol–water partition coefficient (Wildman–Crippen LogP) is 2.60. The van der Waals surface area contributed by atoms with E-state index in [9.17, 15) is 14.4 Å². The molecule has 1 N–H and O–H groups in total. The van der Waals surface area contributed by atoms with Gasteiger partial charge in [0.1, 0.15) is 11.4 Å². The summed E-state index contributed by atoms with van der Waals surface area (Å²) >= 11 is 0. The molecular weight excluding hydrogens is 334 g/mol. The fraction of sp³-hybridized carbons (Fsp3) is 0.263. The van der Waals surface area contributed by atoms with E-state index in [1.165, 1.54) is 13.2 Å². The molecule has 0 spiro atoms. The van der Waals surface area contributed by atoms with E-state index in [1.807, 2.05) is 13.8 Å². The molecule has 2 aromatic rings. The predicted molar refractivity (Wildman–Crippen MR) is 97.2 cm³/mol. The molecule has 0 unspecified atom stereocenters. The highest BCUT2D eigenvalue weighted by Crippen LogP contribution is 2.17. The molecule has 7 heteroatoms. The third kappa shape index (κ3) is 4.24. The molecule has 136 valence electrons. The van der Waals surface area contributed by atoms with E-state index in [4.69, 9.17) is 4.74 Å². The smallest absolute Gasteiger partial charge is 0.339 e. The fourth-order valence-corrected chi connectivity index (χ4v) is 2.42. The van der Waals surface area contributed by atoms with Gasteiger partial charge in [-0.05, 0) is 38.1 Å². The number of nitrogens with zero attached hydrogens (tertiary/aromatic N) is 2. The topological polar surface area (TPSA) is 88.6 Å². The molecular formula is C19H21N3O4. The summed E-state index contributed by atoms with van der Waals surface area (Å²) in [5.41, 5.74) is 0.829. The lowest BCUT2D eigenvalue weighted by Crippen LogP contribution is -2.31. The van der Waals surface area contributed by atoms with E-state index >= 15 is 0 Å². The summed E-state index contributed by atoms with van der Waals surface area (Å²) in [6.07, 6.45) is 0. The maximum absolute atomic E-state index is 12.5. The monoisotopic (exact) mass is 355 g/mol. The Balaban J connectivity index is 2.25. The highest BCUT2D eigenvalue weighted by Gasteiger charge is 2.18. The number of benzene rings is 1. The van der Waals surface area contributed by atoms with Gasteiger partial charge >= 0.3 is 5.97 Å². The van der Waals surface area contributed by atoms with Crippen LogP contribution in [0.4, 0.5) is 5.69 Å². The SMILES string of the molecule is CCN(CC)C(=O)c1cccc(C(=O)Nc2ccccc2C(=O)OC)n1. The van der Waals surface area contributed by atoms with Crippen molar-refractivity contribution in [2.24, 2.45) is 0 Å². The minimum Gasteiger partial charge on any atom is -0.465 e. The van der Waals surface area contributed by atoms with Gasteiger partial charge in [0.25, 0.3) is 11.8 Å². The van der Waals surface area contributed by atoms with Gasteiger partial charge in [0, 0.05) is 13.1 Å². The molecule has 0 saturated carbocycles. The Morgan fingerprint density at radius 3 is 2.31 bits per heavy atom. The summed E-state index contributed by atoms with van der Waals surface area (Å²) in [5, 5.41) is 2.64. The standard InChI is InChI=1S/C19H21N3O4/c1-4-22(5-2)18(24)16-12-8-11-15(20-16)17(23)21-14-10-7-6-9-13(14)19(25)26-3/h6-12H,4-5H2,1-3H3,(H,21,23). The van der Waals surface area contributed by atoms with Gasteiger partial charge in [-0.1, -0.05) is 18.2 Å². The number of aromatic nitrogens is 1. The van der Waals surface area contributed by atoms with Crippen LogP contribution in [0.1, 0.15) is 45.2 Å². The lowest BCUT2D eigenvalue weighted by Gasteiger charge is -2.18. The van der Waals surface area contributed by atoms with Gasteiger partial charge in [-0.3, -0.25) is 9.59 Å². The van der Waals surface area contributed by atoms with Crippen LogP contribution < -0.4 is 5.32 Å². The summed E-state index contributed by atoms with van der Waals surface area (Å²) in [7, 11) is 1.27. The number of ether oxygens (including phenoxy) is 1. The molecule has 0 aliphatic rings. The normalized spacial score (nSPS) is 10.1. The zero-order chi connectivity index (χ0) is 19.1. The zero-order valence-corrected chi connectivity index (χ0v) is 15.0. The van der Waals surface area contributed by atoms with E-state index < -0.39 is 11.9 Å². The number of hydrogen-bond acceptors (Lipinski definition) is 5. The second-order valence-electron chi connectivity index (χ2n) is 5.38. The summed E-state index contributed by atoms with van der Waals surface area (Å²) in [4.78, 5) is 42.5. The van der Waals surface area contributed by atoms with Crippen LogP contribution in [-0.2, 0) is 4.74 Å². The zero-order valence-electron chi connectivity index (χ0n) is 15.0. The average Bonchev–Trinajstić information content (AvgIpc) is 2.68. The Bertz CT molecular complexity index is 816. The molecule has 1 aromatic carbocycles. The largest absolute Gasteiger partial charge is 0.465 e. The first-order valence-electron chi connectivity index (χ1n) is 8.26. The number of esters is 1. The van der Waals surface area contributed by atoms with Crippen LogP contribution in [0.5, 0.6) is 0 Å². The first-order valence-corrected chi connectivity index (χ1v) is 8.26. The summed E-state index contributed by atoms with van der Waals surface area (Å²) in [5.74, 6) is -1.31. The Labute approximate surface area is 152 Å². The maximum Gasteiger partial charge on any atom is 0.339 e. The van der Waals surface area contributed by atoms with E-state index in [0.29, 0.717) is 18.8 Å². The van der Waals surface area contributed by atoms with Crippen molar-refractivity contribution in [3.63, 3.8) is 0 Å².